The molecule has 5 nitrogen and oxygen atoms in total. The highest BCUT2D eigenvalue weighted by atomic mass is 32.1. The fourth-order valence-corrected chi connectivity index (χ4v) is 2.08. The van der Waals surface area contributed by atoms with Crippen molar-refractivity contribution in [2.45, 2.75) is 13.0 Å². The van der Waals surface area contributed by atoms with E-state index in [1.165, 1.54) is 17.7 Å². The second-order valence-electron chi connectivity index (χ2n) is 3.55. The number of hydrogen-bond acceptors (Lipinski definition) is 5. The van der Waals surface area contributed by atoms with Gasteiger partial charge in [-0.05, 0) is 29.3 Å². The van der Waals surface area contributed by atoms with Crippen LogP contribution in [0.5, 0.6) is 0 Å². The van der Waals surface area contributed by atoms with Crippen LogP contribution in [-0.4, -0.2) is 22.5 Å². The monoisotopic (exact) mass is 252 g/mol. The average molecular weight is 252 g/mol. The van der Waals surface area contributed by atoms with Crippen LogP contribution in [0.1, 0.15) is 27.9 Å². The quantitative estimate of drug-likeness (QED) is 0.864. The van der Waals surface area contributed by atoms with Crippen LogP contribution in [0, 0.1) is 6.92 Å². The van der Waals surface area contributed by atoms with Gasteiger partial charge < -0.3 is 14.8 Å². The van der Waals surface area contributed by atoms with Gasteiger partial charge in [-0.2, -0.15) is 11.3 Å². The van der Waals surface area contributed by atoms with Crippen molar-refractivity contribution in [1.82, 2.24) is 10.3 Å². The summed E-state index contributed by atoms with van der Waals surface area (Å²) in [6.07, 6.45) is 0.521. The van der Waals surface area contributed by atoms with E-state index in [1.54, 1.807) is 6.92 Å². The Hall–Kier alpha value is -1.66. The fourth-order valence-electron chi connectivity index (χ4n) is 1.37. The van der Waals surface area contributed by atoms with E-state index < -0.39 is 6.10 Å². The van der Waals surface area contributed by atoms with Gasteiger partial charge in [0.15, 0.2) is 6.39 Å². The zero-order valence-corrected chi connectivity index (χ0v) is 10.0. The first-order chi connectivity index (χ1) is 8.18. The van der Waals surface area contributed by atoms with E-state index in [0.29, 0.717) is 5.69 Å². The Morgan fingerprint density at radius 2 is 2.53 bits per heavy atom. The van der Waals surface area contributed by atoms with Crippen molar-refractivity contribution in [3.63, 3.8) is 0 Å². The number of amides is 1. The molecule has 0 aromatic carbocycles. The van der Waals surface area contributed by atoms with E-state index in [-0.39, 0.29) is 18.2 Å². The summed E-state index contributed by atoms with van der Waals surface area (Å²) in [4.78, 5) is 15.5. The largest absolute Gasteiger partial charge is 0.438 e. The Morgan fingerprint density at radius 3 is 3.12 bits per heavy atom. The minimum absolute atomic E-state index is 0.149. The summed E-state index contributed by atoms with van der Waals surface area (Å²) in [5.74, 6) is -0.184. The molecule has 2 aromatic rings. The molecular formula is C11H12N2O3S. The SMILES string of the molecule is Cc1ncoc1C(=O)NCC(O)c1ccsc1. The smallest absolute Gasteiger partial charge is 0.289 e. The third-order valence-electron chi connectivity index (χ3n) is 2.34. The van der Waals surface area contributed by atoms with Crippen LogP contribution >= 0.6 is 11.3 Å². The first-order valence-electron chi connectivity index (χ1n) is 5.07. The van der Waals surface area contributed by atoms with Crippen molar-refractivity contribution in [2.75, 3.05) is 6.54 Å². The predicted molar refractivity (Wildman–Crippen MR) is 62.9 cm³/mol. The lowest BCUT2D eigenvalue weighted by Crippen LogP contribution is -2.28. The van der Waals surface area contributed by atoms with Crippen LogP contribution in [0.25, 0.3) is 0 Å². The van der Waals surface area contributed by atoms with Gasteiger partial charge in [-0.1, -0.05) is 0 Å². The number of thiophene rings is 1. The number of aliphatic hydroxyl groups is 1. The van der Waals surface area contributed by atoms with Crippen molar-refractivity contribution >= 4 is 17.2 Å². The summed E-state index contributed by atoms with van der Waals surface area (Å²) in [6, 6.07) is 1.82. The molecule has 0 bridgehead atoms. The van der Waals surface area contributed by atoms with Gasteiger partial charge in [-0.15, -0.1) is 0 Å². The summed E-state index contributed by atoms with van der Waals surface area (Å²) >= 11 is 1.50. The Labute approximate surface area is 102 Å². The molecule has 0 saturated carbocycles. The Kier molecular flexibility index (Phi) is 3.55. The van der Waals surface area contributed by atoms with E-state index in [2.05, 4.69) is 10.3 Å². The van der Waals surface area contributed by atoms with Gasteiger partial charge in [0.2, 0.25) is 5.76 Å². The lowest BCUT2D eigenvalue weighted by molar-refractivity contribution is 0.0888. The van der Waals surface area contributed by atoms with Gasteiger partial charge in [-0.3, -0.25) is 4.79 Å². The van der Waals surface area contributed by atoms with Gasteiger partial charge in [0.05, 0.1) is 11.8 Å². The molecule has 0 spiro atoms. The molecule has 2 rings (SSSR count). The van der Waals surface area contributed by atoms with Crippen LogP contribution in [0.4, 0.5) is 0 Å². The summed E-state index contributed by atoms with van der Waals surface area (Å²) in [5, 5.41) is 16.1. The molecule has 0 aliphatic heterocycles. The Balaban J connectivity index is 1.91. The maximum Gasteiger partial charge on any atom is 0.289 e. The molecular weight excluding hydrogens is 240 g/mol. The number of hydrogen-bond donors (Lipinski definition) is 2. The van der Waals surface area contributed by atoms with Crippen molar-refractivity contribution in [3.05, 3.63) is 40.2 Å². The van der Waals surface area contributed by atoms with Crippen molar-refractivity contribution in [3.8, 4) is 0 Å². The Bertz CT molecular complexity index is 493. The highest BCUT2D eigenvalue weighted by molar-refractivity contribution is 7.07. The van der Waals surface area contributed by atoms with E-state index in [9.17, 15) is 9.90 Å². The number of aliphatic hydroxyl groups excluding tert-OH is 1. The number of carbonyl (C=O) groups is 1. The maximum atomic E-state index is 11.6. The van der Waals surface area contributed by atoms with Gasteiger partial charge in [0.1, 0.15) is 0 Å². The summed E-state index contributed by atoms with van der Waals surface area (Å²) in [5.41, 5.74) is 1.33. The summed E-state index contributed by atoms with van der Waals surface area (Å²) in [6.45, 7) is 1.84. The first-order valence-corrected chi connectivity index (χ1v) is 6.01. The minimum Gasteiger partial charge on any atom is -0.438 e. The molecule has 1 atom stereocenters. The van der Waals surface area contributed by atoms with E-state index >= 15 is 0 Å². The van der Waals surface area contributed by atoms with E-state index in [1.807, 2.05) is 16.8 Å². The summed E-state index contributed by atoms with van der Waals surface area (Å²) < 4.78 is 4.95. The van der Waals surface area contributed by atoms with Crippen LogP contribution in [0.2, 0.25) is 0 Å². The number of aromatic nitrogens is 1. The molecule has 90 valence electrons. The first kappa shape index (κ1) is 11.8. The molecule has 2 N–H and O–H groups in total. The van der Waals surface area contributed by atoms with Gasteiger partial charge in [-0.25, -0.2) is 4.98 Å². The molecule has 6 heteroatoms. The number of aryl methyl sites for hydroxylation is 1. The third-order valence-corrected chi connectivity index (χ3v) is 3.04. The van der Waals surface area contributed by atoms with Gasteiger partial charge in [0, 0.05) is 6.54 Å². The molecule has 0 saturated heterocycles. The molecule has 0 aliphatic rings. The van der Waals surface area contributed by atoms with Crippen molar-refractivity contribution < 1.29 is 14.3 Å². The second-order valence-corrected chi connectivity index (χ2v) is 4.33. The normalized spacial score (nSPS) is 12.4. The van der Waals surface area contributed by atoms with Gasteiger partial charge in [0.25, 0.3) is 5.91 Å². The number of rotatable bonds is 4. The lowest BCUT2D eigenvalue weighted by Gasteiger charge is -2.09. The molecule has 0 aliphatic carbocycles. The van der Waals surface area contributed by atoms with E-state index in [0.717, 1.165) is 5.56 Å². The van der Waals surface area contributed by atoms with Crippen LogP contribution in [0.15, 0.2) is 27.6 Å². The molecule has 1 unspecified atom stereocenters. The fraction of sp³-hybridized carbons (Fsp3) is 0.273. The van der Waals surface area contributed by atoms with Crippen molar-refractivity contribution in [1.29, 1.82) is 0 Å². The molecule has 0 radical (unpaired) electrons. The zero-order chi connectivity index (χ0) is 12.3. The highest BCUT2D eigenvalue weighted by Gasteiger charge is 2.15. The highest BCUT2D eigenvalue weighted by Crippen LogP contribution is 2.15. The van der Waals surface area contributed by atoms with Gasteiger partial charge >= 0.3 is 0 Å². The number of nitrogens with one attached hydrogen (secondary N) is 1. The second kappa shape index (κ2) is 5.11. The van der Waals surface area contributed by atoms with Crippen LogP contribution in [0.3, 0.4) is 0 Å². The molecule has 2 heterocycles. The molecule has 1 amide bonds. The molecule has 17 heavy (non-hydrogen) atoms. The van der Waals surface area contributed by atoms with E-state index in [4.69, 9.17) is 4.42 Å². The third kappa shape index (κ3) is 2.72. The molecule has 0 fully saturated rings. The number of oxazole rings is 1. The van der Waals surface area contributed by atoms with Crippen LogP contribution in [-0.2, 0) is 0 Å². The minimum atomic E-state index is -0.701. The van der Waals surface area contributed by atoms with Crippen molar-refractivity contribution in [2.24, 2.45) is 0 Å². The summed E-state index contributed by atoms with van der Waals surface area (Å²) in [7, 11) is 0. The number of nitrogens with zero attached hydrogens (tertiary/aromatic N) is 1. The standard InChI is InChI=1S/C11H12N2O3S/c1-7-10(16-6-13-7)11(15)12-4-9(14)8-2-3-17-5-8/h2-3,5-6,9,14H,4H2,1H3,(H,12,15). The predicted octanol–water partition coefficient (Wildman–Crippen LogP) is 1.51. The number of carbonyl (C=O) groups excluding carboxylic acids is 1. The maximum absolute atomic E-state index is 11.6. The molecule has 2 aromatic heterocycles. The topological polar surface area (TPSA) is 75.4 Å². The lowest BCUT2D eigenvalue weighted by atomic mass is 10.2. The Morgan fingerprint density at radius 1 is 1.71 bits per heavy atom. The average Bonchev–Trinajstić information content (AvgIpc) is 2.95. The van der Waals surface area contributed by atoms with Crippen LogP contribution < -0.4 is 5.32 Å². The zero-order valence-electron chi connectivity index (χ0n) is 9.21.